The zero-order valence-corrected chi connectivity index (χ0v) is 10.3. The molecule has 3 nitrogen and oxygen atoms in total. The highest BCUT2D eigenvalue weighted by Crippen LogP contribution is 2.13. The topological polar surface area (TPSA) is 58.6 Å². The Labute approximate surface area is 101 Å². The van der Waals surface area contributed by atoms with Crippen molar-refractivity contribution in [3.63, 3.8) is 0 Å². The maximum absolute atomic E-state index is 9.28. The summed E-state index contributed by atoms with van der Waals surface area (Å²) in [6.45, 7) is 2.71. The summed E-state index contributed by atoms with van der Waals surface area (Å²) in [5.74, 6) is 1.29. The van der Waals surface area contributed by atoms with E-state index in [1.165, 1.54) is 0 Å². The van der Waals surface area contributed by atoms with Gasteiger partial charge < -0.3 is 10.8 Å². The normalized spacial score (nSPS) is 11.7. The van der Waals surface area contributed by atoms with E-state index in [1.54, 1.807) is 23.9 Å². The van der Waals surface area contributed by atoms with Gasteiger partial charge in [0, 0.05) is 12.3 Å². The van der Waals surface area contributed by atoms with Gasteiger partial charge in [-0.1, -0.05) is 23.9 Å². The molecule has 1 aromatic rings. The number of amidine groups is 1. The Balaban J connectivity index is 2.23. The number of thioether (sulfide) groups is 1. The molecule has 0 spiro atoms. The second-order valence-corrected chi connectivity index (χ2v) is 4.55. The van der Waals surface area contributed by atoms with Crippen molar-refractivity contribution in [2.75, 3.05) is 12.3 Å². The van der Waals surface area contributed by atoms with Crippen LogP contribution in [0.3, 0.4) is 0 Å². The van der Waals surface area contributed by atoms with Crippen molar-refractivity contribution in [2.45, 2.75) is 19.8 Å². The van der Waals surface area contributed by atoms with Gasteiger partial charge in [0.05, 0.1) is 0 Å². The fourth-order valence-corrected chi connectivity index (χ4v) is 2.08. The lowest BCUT2D eigenvalue weighted by Gasteiger charge is -2.02. The largest absolute Gasteiger partial charge is 0.508 e. The number of phenolic OH excluding ortho intramolecular Hbond substituents is 1. The molecule has 0 saturated heterocycles. The minimum absolute atomic E-state index is 0.331. The van der Waals surface area contributed by atoms with E-state index in [0.29, 0.717) is 10.9 Å². The second kappa shape index (κ2) is 7.17. The van der Waals surface area contributed by atoms with Crippen LogP contribution >= 0.6 is 11.8 Å². The molecular weight excluding hydrogens is 220 g/mol. The predicted molar refractivity (Wildman–Crippen MR) is 71.0 cm³/mol. The maximum Gasteiger partial charge on any atom is 0.153 e. The fraction of sp³-hybridized carbons (Fsp3) is 0.417. The monoisotopic (exact) mass is 238 g/mol. The summed E-state index contributed by atoms with van der Waals surface area (Å²) < 4.78 is 0. The molecule has 0 saturated carbocycles. The summed E-state index contributed by atoms with van der Waals surface area (Å²) >= 11 is 1.59. The molecule has 0 radical (unpaired) electrons. The minimum Gasteiger partial charge on any atom is -0.508 e. The molecule has 0 unspecified atom stereocenters. The molecule has 0 aliphatic carbocycles. The zero-order chi connectivity index (χ0) is 11.8. The van der Waals surface area contributed by atoms with Crippen LogP contribution in [0.5, 0.6) is 5.75 Å². The number of aryl methyl sites for hydroxylation is 1. The molecular formula is C12H18N2OS. The average Bonchev–Trinajstić information content (AvgIpc) is 2.25. The van der Waals surface area contributed by atoms with Crippen molar-refractivity contribution in [3.05, 3.63) is 29.8 Å². The Hall–Kier alpha value is -1.16. The van der Waals surface area contributed by atoms with Crippen LogP contribution in [0.25, 0.3) is 0 Å². The first-order valence-corrected chi connectivity index (χ1v) is 6.41. The lowest BCUT2D eigenvalue weighted by molar-refractivity contribution is 0.474. The van der Waals surface area contributed by atoms with Gasteiger partial charge in [0.25, 0.3) is 0 Å². The van der Waals surface area contributed by atoms with E-state index in [9.17, 15) is 5.11 Å². The molecule has 1 aromatic carbocycles. The van der Waals surface area contributed by atoms with E-state index in [4.69, 9.17) is 5.73 Å². The van der Waals surface area contributed by atoms with Gasteiger partial charge >= 0.3 is 0 Å². The summed E-state index contributed by atoms with van der Waals surface area (Å²) in [6, 6.07) is 7.37. The first kappa shape index (κ1) is 12.9. The molecule has 0 bridgehead atoms. The predicted octanol–water partition coefficient (Wildman–Crippen LogP) is 2.39. The quantitative estimate of drug-likeness (QED) is 0.470. The van der Waals surface area contributed by atoms with Gasteiger partial charge in [-0.25, -0.2) is 0 Å². The number of nitrogens with two attached hydrogens (primary N) is 1. The van der Waals surface area contributed by atoms with Gasteiger partial charge in [-0.2, -0.15) is 0 Å². The molecule has 0 aliphatic rings. The minimum atomic E-state index is 0.331. The van der Waals surface area contributed by atoms with Crippen molar-refractivity contribution in [1.29, 1.82) is 0 Å². The highest BCUT2D eigenvalue weighted by atomic mass is 32.2. The van der Waals surface area contributed by atoms with Crippen LogP contribution in [-0.2, 0) is 6.42 Å². The van der Waals surface area contributed by atoms with Crippen LogP contribution in [0, 0.1) is 0 Å². The summed E-state index contributed by atoms with van der Waals surface area (Å²) in [6.07, 6.45) is 1.99. The van der Waals surface area contributed by atoms with Crippen LogP contribution in [0.2, 0.25) is 0 Å². The summed E-state index contributed by atoms with van der Waals surface area (Å²) in [7, 11) is 0. The van der Waals surface area contributed by atoms with Crippen LogP contribution < -0.4 is 5.73 Å². The Bertz CT molecular complexity index is 353. The zero-order valence-electron chi connectivity index (χ0n) is 9.52. The van der Waals surface area contributed by atoms with Crippen LogP contribution in [-0.4, -0.2) is 22.6 Å². The smallest absolute Gasteiger partial charge is 0.153 e. The first-order chi connectivity index (χ1) is 7.72. The Morgan fingerprint density at radius 3 is 3.00 bits per heavy atom. The first-order valence-electron chi connectivity index (χ1n) is 5.43. The van der Waals surface area contributed by atoms with Crippen LogP contribution in [0.1, 0.15) is 18.9 Å². The van der Waals surface area contributed by atoms with Crippen LogP contribution in [0.15, 0.2) is 29.3 Å². The van der Waals surface area contributed by atoms with E-state index in [0.717, 1.165) is 30.7 Å². The van der Waals surface area contributed by atoms with Gasteiger partial charge in [-0.05, 0) is 37.5 Å². The molecule has 0 atom stereocenters. The molecule has 0 aliphatic heterocycles. The van der Waals surface area contributed by atoms with Gasteiger partial charge in [0.2, 0.25) is 0 Å². The highest BCUT2D eigenvalue weighted by Gasteiger charge is 1.97. The average molecular weight is 238 g/mol. The van der Waals surface area contributed by atoms with E-state index >= 15 is 0 Å². The van der Waals surface area contributed by atoms with E-state index in [1.807, 2.05) is 19.1 Å². The van der Waals surface area contributed by atoms with Gasteiger partial charge in [0.1, 0.15) is 5.75 Å². The van der Waals surface area contributed by atoms with E-state index in [2.05, 4.69) is 4.99 Å². The number of nitrogens with zero attached hydrogens (tertiary/aromatic N) is 1. The second-order valence-electron chi connectivity index (χ2n) is 3.43. The van der Waals surface area contributed by atoms with Gasteiger partial charge in [-0.3, -0.25) is 4.99 Å². The van der Waals surface area contributed by atoms with Crippen molar-refractivity contribution >= 4 is 16.9 Å². The molecule has 0 aromatic heterocycles. The molecule has 88 valence electrons. The van der Waals surface area contributed by atoms with Crippen molar-refractivity contribution in [1.82, 2.24) is 0 Å². The van der Waals surface area contributed by atoms with E-state index in [-0.39, 0.29) is 0 Å². The number of aliphatic imine (C=N–C) groups is 1. The maximum atomic E-state index is 9.28. The Kier molecular flexibility index (Phi) is 5.78. The van der Waals surface area contributed by atoms with Crippen molar-refractivity contribution in [3.8, 4) is 5.75 Å². The summed E-state index contributed by atoms with van der Waals surface area (Å²) in [5.41, 5.74) is 6.82. The molecule has 1 rings (SSSR count). The molecule has 3 N–H and O–H groups in total. The van der Waals surface area contributed by atoms with E-state index < -0.39 is 0 Å². The lowest BCUT2D eigenvalue weighted by atomic mass is 10.1. The van der Waals surface area contributed by atoms with Gasteiger partial charge in [0.15, 0.2) is 5.17 Å². The summed E-state index contributed by atoms with van der Waals surface area (Å²) in [5, 5.41) is 9.95. The van der Waals surface area contributed by atoms with Crippen molar-refractivity contribution in [2.24, 2.45) is 10.7 Å². The number of benzene rings is 1. The molecule has 0 fully saturated rings. The Morgan fingerprint density at radius 2 is 2.31 bits per heavy atom. The van der Waals surface area contributed by atoms with Crippen LogP contribution in [0.4, 0.5) is 0 Å². The lowest BCUT2D eigenvalue weighted by Crippen LogP contribution is -2.07. The van der Waals surface area contributed by atoms with Crippen molar-refractivity contribution < 1.29 is 5.11 Å². The molecule has 0 heterocycles. The SMILES string of the molecule is CCN=C(N)SCCCc1cccc(O)c1. The number of phenols is 1. The molecule has 16 heavy (non-hydrogen) atoms. The molecule has 0 amide bonds. The number of rotatable bonds is 5. The number of hydrogen-bond acceptors (Lipinski definition) is 3. The third-order valence-corrected chi connectivity index (χ3v) is 3.00. The fourth-order valence-electron chi connectivity index (χ4n) is 1.37. The third kappa shape index (κ3) is 5.07. The van der Waals surface area contributed by atoms with Gasteiger partial charge in [-0.15, -0.1) is 0 Å². The summed E-state index contributed by atoms with van der Waals surface area (Å²) in [4.78, 5) is 4.10. The number of aromatic hydroxyl groups is 1. The highest BCUT2D eigenvalue weighted by molar-refractivity contribution is 8.13. The number of hydrogen-bond donors (Lipinski definition) is 2. The third-order valence-electron chi connectivity index (χ3n) is 2.08. The Morgan fingerprint density at radius 1 is 1.50 bits per heavy atom. The molecule has 4 heteroatoms. The standard InChI is InChI=1S/C12H18N2OS/c1-2-14-12(13)16-8-4-6-10-5-3-7-11(15)9-10/h3,5,7,9,15H,2,4,6,8H2,1H3,(H2,13,14).